The van der Waals surface area contributed by atoms with Crippen LogP contribution in [0.15, 0.2) is 0 Å². The topological polar surface area (TPSA) is 55.6 Å². The van der Waals surface area contributed by atoms with E-state index in [-0.39, 0.29) is 24.4 Å². The summed E-state index contributed by atoms with van der Waals surface area (Å²) in [6, 6.07) is -0.315. The van der Waals surface area contributed by atoms with E-state index in [1.807, 2.05) is 0 Å². The summed E-state index contributed by atoms with van der Waals surface area (Å²) >= 11 is 0. The van der Waals surface area contributed by atoms with E-state index in [9.17, 15) is 4.79 Å². The lowest BCUT2D eigenvalue weighted by atomic mass is 9.73. The van der Waals surface area contributed by atoms with Crippen molar-refractivity contribution in [1.82, 2.24) is 4.90 Å². The zero-order valence-electron chi connectivity index (χ0n) is 14.3. The molecule has 0 aromatic heterocycles. The van der Waals surface area contributed by atoms with Crippen molar-refractivity contribution in [3.05, 3.63) is 0 Å². The largest absolute Gasteiger partial charge is 0.381 e. The van der Waals surface area contributed by atoms with Crippen molar-refractivity contribution in [1.29, 1.82) is 0 Å². The van der Waals surface area contributed by atoms with Crippen LogP contribution >= 0.6 is 12.4 Å². The quantitative estimate of drug-likeness (QED) is 0.837. The Balaban J connectivity index is 0.00000192. The minimum Gasteiger partial charge on any atom is -0.381 e. The van der Waals surface area contributed by atoms with Crippen LogP contribution in [-0.4, -0.2) is 43.2 Å². The van der Waals surface area contributed by atoms with Crippen LogP contribution in [-0.2, 0) is 9.53 Å². The summed E-state index contributed by atoms with van der Waals surface area (Å²) < 4.78 is 5.40. The first-order valence-corrected chi connectivity index (χ1v) is 9.32. The summed E-state index contributed by atoms with van der Waals surface area (Å²) in [6.07, 6.45) is 12.4. The molecule has 1 saturated carbocycles. The number of hydrogen-bond acceptors (Lipinski definition) is 3. The Bertz CT molecular complexity index is 377. The van der Waals surface area contributed by atoms with E-state index in [1.54, 1.807) is 0 Å². The number of halogens is 1. The first-order chi connectivity index (χ1) is 10.7. The molecule has 23 heavy (non-hydrogen) atoms. The summed E-state index contributed by atoms with van der Waals surface area (Å²) in [4.78, 5) is 15.0. The van der Waals surface area contributed by atoms with Gasteiger partial charge in [-0.3, -0.25) is 4.79 Å². The summed E-state index contributed by atoms with van der Waals surface area (Å²) in [6.45, 7) is 3.39. The molecular weight excluding hydrogens is 312 g/mol. The number of nitrogens with two attached hydrogens (primary N) is 1. The first-order valence-electron chi connectivity index (χ1n) is 9.32. The maximum absolute atomic E-state index is 12.9. The SMILES string of the molecule is Cl.NC(C(=O)N1CCCC2(CCCCCC2)C1)C1CCOCC1. The molecule has 3 aliphatic rings. The van der Waals surface area contributed by atoms with Crippen LogP contribution in [0.25, 0.3) is 0 Å². The second-order valence-electron chi connectivity index (χ2n) is 7.75. The molecule has 5 heteroatoms. The van der Waals surface area contributed by atoms with Crippen LogP contribution in [0, 0.1) is 11.3 Å². The Labute approximate surface area is 146 Å². The van der Waals surface area contributed by atoms with E-state index in [2.05, 4.69) is 4.90 Å². The summed E-state index contributed by atoms with van der Waals surface area (Å²) in [7, 11) is 0. The van der Waals surface area contributed by atoms with E-state index in [0.29, 0.717) is 11.3 Å². The molecule has 1 atom stereocenters. The fraction of sp³-hybridized carbons (Fsp3) is 0.944. The van der Waals surface area contributed by atoms with Crippen LogP contribution in [0.1, 0.15) is 64.2 Å². The van der Waals surface area contributed by atoms with Gasteiger partial charge in [-0.1, -0.05) is 25.7 Å². The van der Waals surface area contributed by atoms with Gasteiger partial charge in [-0.25, -0.2) is 0 Å². The molecule has 2 aliphatic heterocycles. The summed E-state index contributed by atoms with van der Waals surface area (Å²) in [5.74, 6) is 0.517. The summed E-state index contributed by atoms with van der Waals surface area (Å²) in [5.41, 5.74) is 6.73. The van der Waals surface area contributed by atoms with Crippen LogP contribution < -0.4 is 5.73 Å². The molecule has 1 aliphatic carbocycles. The van der Waals surface area contributed by atoms with Gasteiger partial charge in [-0.15, -0.1) is 12.4 Å². The molecule has 2 heterocycles. The number of likely N-dealkylation sites (tertiary alicyclic amines) is 1. The Hall–Kier alpha value is -0.320. The number of ether oxygens (including phenoxy) is 1. The lowest BCUT2D eigenvalue weighted by Gasteiger charge is -2.44. The van der Waals surface area contributed by atoms with Crippen molar-refractivity contribution in [3.63, 3.8) is 0 Å². The molecule has 0 bridgehead atoms. The van der Waals surface area contributed by atoms with Gasteiger partial charge in [0.2, 0.25) is 5.91 Å². The molecule has 2 saturated heterocycles. The number of carbonyl (C=O) groups excluding carboxylic acids is 1. The highest BCUT2D eigenvalue weighted by Crippen LogP contribution is 2.42. The van der Waals surface area contributed by atoms with Gasteiger partial charge in [0.15, 0.2) is 0 Å². The van der Waals surface area contributed by atoms with Crippen molar-refractivity contribution >= 4 is 18.3 Å². The predicted octanol–water partition coefficient (Wildman–Crippen LogP) is 3.13. The smallest absolute Gasteiger partial charge is 0.239 e. The molecule has 3 fully saturated rings. The standard InChI is InChI=1S/C18H32N2O2.ClH/c19-16(15-6-12-22-13-7-15)17(21)20-11-5-10-18(14-20)8-3-1-2-4-9-18;/h15-16H,1-14,19H2;1H. The minimum atomic E-state index is -0.315. The highest BCUT2D eigenvalue weighted by Gasteiger charge is 2.39. The number of hydrogen-bond donors (Lipinski definition) is 1. The average Bonchev–Trinajstić information content (AvgIpc) is 2.80. The highest BCUT2D eigenvalue weighted by atomic mass is 35.5. The summed E-state index contributed by atoms with van der Waals surface area (Å²) in [5, 5.41) is 0. The predicted molar refractivity (Wildman–Crippen MR) is 94.7 cm³/mol. The zero-order valence-corrected chi connectivity index (χ0v) is 15.1. The van der Waals surface area contributed by atoms with Gasteiger partial charge >= 0.3 is 0 Å². The monoisotopic (exact) mass is 344 g/mol. The molecule has 0 aromatic carbocycles. The molecule has 1 unspecified atom stereocenters. The Morgan fingerprint density at radius 3 is 2.30 bits per heavy atom. The van der Waals surface area contributed by atoms with Gasteiger partial charge in [-0.05, 0) is 49.9 Å². The van der Waals surface area contributed by atoms with Crippen molar-refractivity contribution in [2.75, 3.05) is 26.3 Å². The number of piperidine rings is 1. The van der Waals surface area contributed by atoms with Gasteiger partial charge in [0, 0.05) is 26.3 Å². The van der Waals surface area contributed by atoms with E-state index < -0.39 is 0 Å². The maximum Gasteiger partial charge on any atom is 0.239 e. The van der Waals surface area contributed by atoms with Crippen molar-refractivity contribution < 1.29 is 9.53 Å². The van der Waals surface area contributed by atoms with E-state index >= 15 is 0 Å². The van der Waals surface area contributed by atoms with Crippen molar-refractivity contribution in [2.45, 2.75) is 70.3 Å². The van der Waals surface area contributed by atoms with Gasteiger partial charge in [0.1, 0.15) is 0 Å². The highest BCUT2D eigenvalue weighted by molar-refractivity contribution is 5.85. The van der Waals surface area contributed by atoms with E-state index in [4.69, 9.17) is 10.5 Å². The first kappa shape index (κ1) is 19.0. The van der Waals surface area contributed by atoms with Gasteiger partial charge in [-0.2, -0.15) is 0 Å². The van der Waals surface area contributed by atoms with Crippen molar-refractivity contribution in [2.24, 2.45) is 17.1 Å². The van der Waals surface area contributed by atoms with Gasteiger partial charge in [0.05, 0.1) is 6.04 Å². The fourth-order valence-electron chi connectivity index (χ4n) is 4.77. The Kier molecular flexibility index (Phi) is 7.18. The third-order valence-corrected chi connectivity index (χ3v) is 6.20. The van der Waals surface area contributed by atoms with Crippen molar-refractivity contribution in [3.8, 4) is 0 Å². The van der Waals surface area contributed by atoms with E-state index in [0.717, 1.165) is 45.6 Å². The Morgan fingerprint density at radius 2 is 1.65 bits per heavy atom. The lowest BCUT2D eigenvalue weighted by molar-refractivity contribution is -0.138. The van der Waals surface area contributed by atoms with Crippen LogP contribution in [0.3, 0.4) is 0 Å². The molecule has 1 amide bonds. The number of rotatable bonds is 2. The van der Waals surface area contributed by atoms with Gasteiger partial charge < -0.3 is 15.4 Å². The minimum absolute atomic E-state index is 0. The van der Waals surface area contributed by atoms with E-state index in [1.165, 1.54) is 44.9 Å². The molecule has 134 valence electrons. The molecule has 0 radical (unpaired) electrons. The number of amides is 1. The van der Waals surface area contributed by atoms with Crippen LogP contribution in [0.4, 0.5) is 0 Å². The average molecular weight is 345 g/mol. The third kappa shape index (κ3) is 4.61. The molecule has 2 N–H and O–H groups in total. The number of carbonyl (C=O) groups is 1. The maximum atomic E-state index is 12.9. The second kappa shape index (κ2) is 8.68. The third-order valence-electron chi connectivity index (χ3n) is 6.20. The Morgan fingerprint density at radius 1 is 1.04 bits per heavy atom. The molecule has 4 nitrogen and oxygen atoms in total. The molecule has 0 aromatic rings. The van der Waals surface area contributed by atoms with Crippen LogP contribution in [0.5, 0.6) is 0 Å². The second-order valence-corrected chi connectivity index (χ2v) is 7.75. The molecular formula is C18H33ClN2O2. The van der Waals surface area contributed by atoms with Crippen LogP contribution in [0.2, 0.25) is 0 Å². The normalized spacial score (nSPS) is 27.1. The zero-order chi connectivity index (χ0) is 15.4. The number of nitrogens with zero attached hydrogens (tertiary/aromatic N) is 1. The van der Waals surface area contributed by atoms with Gasteiger partial charge in [0.25, 0.3) is 0 Å². The molecule has 1 spiro atoms. The molecule has 3 rings (SSSR count). The fourth-order valence-corrected chi connectivity index (χ4v) is 4.77. The lowest BCUT2D eigenvalue weighted by Crippen LogP contribution is -2.54.